The molecule has 2 aliphatic rings. The van der Waals surface area contributed by atoms with Crippen LogP contribution in [-0.4, -0.2) is 53.6 Å². The number of nitrogens with one attached hydrogen (secondary N) is 2. The Bertz CT molecular complexity index is 560. The van der Waals surface area contributed by atoms with Gasteiger partial charge in [-0.25, -0.2) is 0 Å². The highest BCUT2D eigenvalue weighted by Crippen LogP contribution is 2.38. The molecule has 1 aromatic carbocycles. The minimum Gasteiger partial charge on any atom is -0.493 e. The van der Waals surface area contributed by atoms with E-state index >= 15 is 0 Å². The smallest absolute Gasteiger partial charge is 0.203 e. The van der Waals surface area contributed by atoms with Crippen LogP contribution in [0.25, 0.3) is 0 Å². The molecular formula is C21H36N2O3+2. The van der Waals surface area contributed by atoms with Gasteiger partial charge < -0.3 is 24.0 Å². The fraction of sp³-hybridized carbons (Fsp3) is 0.714. The Morgan fingerprint density at radius 1 is 0.885 bits per heavy atom. The lowest BCUT2D eigenvalue weighted by molar-refractivity contribution is -1.03. The molecule has 0 bridgehead atoms. The van der Waals surface area contributed by atoms with Crippen LogP contribution in [-0.2, 0) is 6.54 Å². The zero-order chi connectivity index (χ0) is 18.5. The third-order valence-corrected chi connectivity index (χ3v) is 6.41. The van der Waals surface area contributed by atoms with Crippen LogP contribution in [0.3, 0.4) is 0 Å². The Balaban J connectivity index is 1.60. The van der Waals surface area contributed by atoms with Crippen molar-refractivity contribution < 1.29 is 24.0 Å². The van der Waals surface area contributed by atoms with Crippen LogP contribution in [0.15, 0.2) is 12.1 Å². The first-order valence-electron chi connectivity index (χ1n) is 10.1. The normalized spacial score (nSPS) is 29.2. The van der Waals surface area contributed by atoms with Crippen molar-refractivity contribution in [3.63, 3.8) is 0 Å². The summed E-state index contributed by atoms with van der Waals surface area (Å²) in [5, 5.41) is 0. The molecule has 0 radical (unpaired) electrons. The molecule has 0 spiro atoms. The van der Waals surface area contributed by atoms with Crippen molar-refractivity contribution in [3.8, 4) is 17.2 Å². The SMILES string of the molecule is COc1cc(C[NH+]2CC[NH+]([C@H]3CCCC[C@H]3C)CC2)cc(OC)c1OC. The average molecular weight is 365 g/mol. The van der Waals surface area contributed by atoms with Crippen LogP contribution in [0, 0.1) is 5.92 Å². The molecule has 1 aromatic rings. The van der Waals surface area contributed by atoms with Gasteiger partial charge in [0.25, 0.3) is 0 Å². The van der Waals surface area contributed by atoms with Gasteiger partial charge in [0.1, 0.15) is 32.7 Å². The lowest BCUT2D eigenvalue weighted by Crippen LogP contribution is -3.29. The second-order valence-corrected chi connectivity index (χ2v) is 7.99. The molecule has 26 heavy (non-hydrogen) atoms. The van der Waals surface area contributed by atoms with Crippen molar-refractivity contribution in [1.82, 2.24) is 0 Å². The number of ether oxygens (including phenoxy) is 3. The van der Waals surface area contributed by atoms with Crippen LogP contribution in [0.2, 0.25) is 0 Å². The molecule has 1 aliphatic carbocycles. The molecule has 3 rings (SSSR count). The van der Waals surface area contributed by atoms with E-state index in [2.05, 4.69) is 19.1 Å². The van der Waals surface area contributed by atoms with Gasteiger partial charge >= 0.3 is 0 Å². The molecule has 0 amide bonds. The minimum atomic E-state index is 0.675. The summed E-state index contributed by atoms with van der Waals surface area (Å²) >= 11 is 0. The van der Waals surface area contributed by atoms with Gasteiger partial charge in [-0.3, -0.25) is 0 Å². The standard InChI is InChI=1S/C21H34N2O3/c1-16-7-5-6-8-18(16)23-11-9-22(10-12-23)15-17-13-19(24-2)21(26-4)20(14-17)25-3/h13-14,16,18H,5-12,15H2,1-4H3/p+2/t16-,18+/m1/s1. The van der Waals surface area contributed by atoms with Gasteiger partial charge in [0, 0.05) is 11.5 Å². The molecule has 0 aromatic heterocycles. The first-order chi connectivity index (χ1) is 12.7. The van der Waals surface area contributed by atoms with Crippen molar-refractivity contribution >= 4 is 0 Å². The van der Waals surface area contributed by atoms with Crippen molar-refractivity contribution in [2.45, 2.75) is 45.2 Å². The monoisotopic (exact) mass is 364 g/mol. The highest BCUT2D eigenvalue weighted by molar-refractivity contribution is 5.53. The summed E-state index contributed by atoms with van der Waals surface area (Å²) in [7, 11) is 5.02. The van der Waals surface area contributed by atoms with Crippen LogP contribution >= 0.6 is 0 Å². The Hall–Kier alpha value is -1.46. The Morgan fingerprint density at radius 3 is 2.04 bits per heavy atom. The molecule has 2 atom stereocenters. The molecule has 5 heteroatoms. The number of hydrogen-bond acceptors (Lipinski definition) is 3. The van der Waals surface area contributed by atoms with Crippen molar-refractivity contribution in [3.05, 3.63) is 17.7 Å². The minimum absolute atomic E-state index is 0.675. The number of methoxy groups -OCH3 is 3. The second kappa shape index (κ2) is 8.96. The van der Waals surface area contributed by atoms with Crippen molar-refractivity contribution in [1.29, 1.82) is 0 Å². The van der Waals surface area contributed by atoms with E-state index < -0.39 is 0 Å². The fourth-order valence-corrected chi connectivity index (χ4v) is 4.92. The van der Waals surface area contributed by atoms with Gasteiger partial charge in [0.15, 0.2) is 11.5 Å². The predicted molar refractivity (Wildman–Crippen MR) is 103 cm³/mol. The van der Waals surface area contributed by atoms with Crippen molar-refractivity contribution in [2.75, 3.05) is 47.5 Å². The molecule has 1 saturated carbocycles. The number of piperazine rings is 1. The molecule has 146 valence electrons. The topological polar surface area (TPSA) is 36.6 Å². The van der Waals surface area contributed by atoms with Crippen molar-refractivity contribution in [2.24, 2.45) is 5.92 Å². The maximum atomic E-state index is 5.50. The maximum absolute atomic E-state index is 5.50. The van der Waals surface area contributed by atoms with E-state index in [1.165, 1.54) is 57.4 Å². The van der Waals surface area contributed by atoms with E-state index in [0.717, 1.165) is 30.0 Å². The average Bonchev–Trinajstić information content (AvgIpc) is 2.68. The number of rotatable bonds is 6. The first kappa shape index (κ1) is 19.3. The summed E-state index contributed by atoms with van der Waals surface area (Å²) in [4.78, 5) is 3.51. The van der Waals surface area contributed by atoms with E-state index in [1.54, 1.807) is 26.2 Å². The molecule has 2 fully saturated rings. The summed E-state index contributed by atoms with van der Waals surface area (Å²) < 4.78 is 16.4. The maximum Gasteiger partial charge on any atom is 0.203 e. The summed E-state index contributed by atoms with van der Waals surface area (Å²) in [5.74, 6) is 3.08. The molecule has 1 saturated heterocycles. The highest BCUT2D eigenvalue weighted by Gasteiger charge is 2.34. The third kappa shape index (κ3) is 4.26. The summed E-state index contributed by atoms with van der Waals surface area (Å²) in [5.41, 5.74) is 1.25. The van der Waals surface area contributed by atoms with E-state index in [9.17, 15) is 0 Å². The molecule has 1 aliphatic heterocycles. The number of quaternary nitrogens is 2. The molecular weight excluding hydrogens is 328 g/mol. The van der Waals surface area contributed by atoms with Gasteiger partial charge in [-0.05, 0) is 31.4 Å². The molecule has 0 unspecified atom stereocenters. The largest absolute Gasteiger partial charge is 0.493 e. The Morgan fingerprint density at radius 2 is 1.50 bits per heavy atom. The van der Waals surface area contributed by atoms with Gasteiger partial charge in [-0.15, -0.1) is 0 Å². The quantitative estimate of drug-likeness (QED) is 0.775. The van der Waals surface area contributed by atoms with Crippen LogP contribution in [0.5, 0.6) is 17.2 Å². The highest BCUT2D eigenvalue weighted by atomic mass is 16.5. The summed E-state index contributed by atoms with van der Waals surface area (Å²) in [6, 6.07) is 5.08. The van der Waals surface area contributed by atoms with E-state index in [4.69, 9.17) is 14.2 Å². The van der Waals surface area contributed by atoms with Gasteiger partial charge in [0.2, 0.25) is 5.75 Å². The van der Waals surface area contributed by atoms with Crippen LogP contribution in [0.1, 0.15) is 38.2 Å². The lowest BCUT2D eigenvalue weighted by atomic mass is 9.84. The zero-order valence-electron chi connectivity index (χ0n) is 16.9. The molecule has 2 N–H and O–H groups in total. The van der Waals surface area contributed by atoms with Crippen LogP contribution in [0.4, 0.5) is 0 Å². The Labute approximate surface area is 158 Å². The van der Waals surface area contributed by atoms with Crippen LogP contribution < -0.4 is 24.0 Å². The molecule has 5 nitrogen and oxygen atoms in total. The lowest BCUT2D eigenvalue weighted by Gasteiger charge is -2.39. The predicted octanol–water partition coefficient (Wildman–Crippen LogP) is 0.575. The third-order valence-electron chi connectivity index (χ3n) is 6.41. The molecule has 1 heterocycles. The number of hydrogen-bond donors (Lipinski definition) is 2. The van der Waals surface area contributed by atoms with Gasteiger partial charge in [0.05, 0.1) is 27.4 Å². The second-order valence-electron chi connectivity index (χ2n) is 7.99. The van der Waals surface area contributed by atoms with E-state index in [1.807, 2.05) is 4.90 Å². The van der Waals surface area contributed by atoms with E-state index in [0.29, 0.717) is 5.75 Å². The first-order valence-corrected chi connectivity index (χ1v) is 10.1. The van der Waals surface area contributed by atoms with E-state index in [-0.39, 0.29) is 0 Å². The Kier molecular flexibility index (Phi) is 6.65. The zero-order valence-corrected chi connectivity index (χ0v) is 16.9. The fourth-order valence-electron chi connectivity index (χ4n) is 4.92. The summed E-state index contributed by atoms with van der Waals surface area (Å²) in [6.45, 7) is 8.57. The van der Waals surface area contributed by atoms with Gasteiger partial charge in [-0.1, -0.05) is 13.3 Å². The summed E-state index contributed by atoms with van der Waals surface area (Å²) in [6.07, 6.45) is 5.72. The van der Waals surface area contributed by atoms with Gasteiger partial charge in [-0.2, -0.15) is 0 Å². The number of benzene rings is 1.